The van der Waals surface area contributed by atoms with Crippen molar-refractivity contribution in [2.75, 3.05) is 39.6 Å². The Bertz CT molecular complexity index is 2200. The van der Waals surface area contributed by atoms with Crippen LogP contribution in [0.25, 0.3) is 0 Å². The van der Waals surface area contributed by atoms with Gasteiger partial charge in [0.15, 0.2) is 12.2 Å². The highest BCUT2D eigenvalue weighted by Crippen LogP contribution is 2.45. The Morgan fingerprint density at radius 1 is 0.302 bits per heavy atom. The number of carbonyl (C=O) groups is 4. The lowest BCUT2D eigenvalue weighted by atomic mass is 10.1. The molecule has 0 aromatic carbocycles. The molecule has 0 spiro atoms. The van der Waals surface area contributed by atoms with E-state index in [0.717, 1.165) is 161 Å². The van der Waals surface area contributed by atoms with Gasteiger partial charge in [0.2, 0.25) is 0 Å². The highest BCUT2D eigenvalue weighted by Gasteiger charge is 2.30. The maximum Gasteiger partial charge on any atom is 0.472 e. The Hall–Kier alpha value is -4.02. The molecular weight excluding hydrogens is 1260 g/mol. The standard InChI is InChI=1S/C77H134O17P2/c1-5-9-13-17-21-25-29-33-35-39-41-45-49-53-57-61-74(79)87-67-72(93-76(81)63-59-55-51-47-43-37-31-27-23-19-15-11-7-3)69-91-95(83,84)89-65-71(78)66-90-96(85,86)92-70-73(94-77(82)64-60-56-52-48-44-38-32-28-24-20-16-12-8-4)68-88-75(80)62-58-54-50-46-42-40-36-34-30-26-22-18-14-10-6-2/h9,13,21-22,25-28,31-36,41,45,71-73,78H,5-8,10-12,14-20,23-24,29-30,37-40,42-44,46-70H2,1-4H3,(H,83,84)(H,85,86)/b13-9-,25-21-,26-22-,31-27-,32-28-,35-33-,36-34-,45-41-. The molecule has 0 aliphatic heterocycles. The van der Waals surface area contributed by atoms with Crippen molar-refractivity contribution in [3.8, 4) is 0 Å². The Labute approximate surface area is 582 Å². The third-order valence-electron chi connectivity index (χ3n) is 15.5. The number of phosphoric acid groups is 2. The molecule has 0 fully saturated rings. The van der Waals surface area contributed by atoms with Crippen LogP contribution in [0.3, 0.4) is 0 Å². The van der Waals surface area contributed by atoms with Crippen LogP contribution in [0.1, 0.15) is 310 Å². The van der Waals surface area contributed by atoms with Gasteiger partial charge in [0.1, 0.15) is 19.3 Å². The minimum atomic E-state index is -4.98. The molecule has 5 unspecified atom stereocenters. The highest BCUT2D eigenvalue weighted by molar-refractivity contribution is 7.47. The predicted molar refractivity (Wildman–Crippen MR) is 390 cm³/mol. The van der Waals surface area contributed by atoms with Crippen molar-refractivity contribution in [1.29, 1.82) is 0 Å². The van der Waals surface area contributed by atoms with Gasteiger partial charge in [-0.25, -0.2) is 9.13 Å². The average molecular weight is 1390 g/mol. The van der Waals surface area contributed by atoms with E-state index in [1.165, 1.54) is 70.6 Å². The van der Waals surface area contributed by atoms with Crippen LogP contribution < -0.4 is 0 Å². The van der Waals surface area contributed by atoms with E-state index >= 15 is 0 Å². The second kappa shape index (κ2) is 69.5. The van der Waals surface area contributed by atoms with Gasteiger partial charge in [-0.2, -0.15) is 0 Å². The summed E-state index contributed by atoms with van der Waals surface area (Å²) in [5, 5.41) is 10.6. The van der Waals surface area contributed by atoms with Crippen molar-refractivity contribution in [2.45, 2.75) is 329 Å². The number of esters is 4. The average Bonchev–Trinajstić information content (AvgIpc) is 1.14. The Kier molecular flexibility index (Phi) is 66.6. The maximum atomic E-state index is 13.1. The monoisotopic (exact) mass is 1390 g/mol. The number of aliphatic hydroxyl groups excluding tert-OH is 1. The van der Waals surface area contributed by atoms with Crippen molar-refractivity contribution in [1.82, 2.24) is 0 Å². The summed E-state index contributed by atoms with van der Waals surface area (Å²) in [4.78, 5) is 72.7. The Morgan fingerprint density at radius 2 is 0.542 bits per heavy atom. The van der Waals surface area contributed by atoms with Gasteiger partial charge in [0.25, 0.3) is 0 Å². The number of unbranched alkanes of at least 4 members (excludes halogenated alkanes) is 28. The van der Waals surface area contributed by atoms with E-state index in [4.69, 9.17) is 37.0 Å². The largest absolute Gasteiger partial charge is 0.472 e. The van der Waals surface area contributed by atoms with Crippen LogP contribution in [-0.2, 0) is 65.4 Å². The third kappa shape index (κ3) is 68.5. The summed E-state index contributed by atoms with van der Waals surface area (Å²) < 4.78 is 68.3. The number of rotatable bonds is 70. The minimum Gasteiger partial charge on any atom is -0.462 e. The zero-order chi connectivity index (χ0) is 70.4. The molecule has 0 radical (unpaired) electrons. The van der Waals surface area contributed by atoms with E-state index in [-0.39, 0.29) is 25.7 Å². The zero-order valence-electron chi connectivity index (χ0n) is 60.3. The molecule has 0 rings (SSSR count). The number of hydrogen-bond acceptors (Lipinski definition) is 15. The summed E-state index contributed by atoms with van der Waals surface area (Å²) in [6.45, 7) is 4.63. The topological polar surface area (TPSA) is 237 Å². The molecule has 0 amide bonds. The number of allylic oxidation sites excluding steroid dienone is 16. The summed E-state index contributed by atoms with van der Waals surface area (Å²) in [5.41, 5.74) is 0. The number of aliphatic hydroxyl groups is 1. The number of ether oxygens (including phenoxy) is 4. The molecule has 3 N–H and O–H groups in total. The van der Waals surface area contributed by atoms with E-state index in [0.29, 0.717) is 25.7 Å². The van der Waals surface area contributed by atoms with Gasteiger partial charge in [-0.05, 0) is 148 Å². The molecule has 19 heteroatoms. The lowest BCUT2D eigenvalue weighted by molar-refractivity contribution is -0.161. The molecule has 0 bridgehead atoms. The fourth-order valence-electron chi connectivity index (χ4n) is 9.76. The van der Waals surface area contributed by atoms with Crippen LogP contribution in [0, 0.1) is 0 Å². The molecule has 0 aromatic rings. The van der Waals surface area contributed by atoms with Crippen molar-refractivity contribution in [3.63, 3.8) is 0 Å². The molecule has 0 aliphatic rings. The molecule has 0 heterocycles. The molecule has 17 nitrogen and oxygen atoms in total. The summed E-state index contributed by atoms with van der Waals surface area (Å²) in [6.07, 6.45) is 71.2. The van der Waals surface area contributed by atoms with E-state index in [9.17, 15) is 43.2 Å². The minimum absolute atomic E-state index is 0.0753. The Morgan fingerprint density at radius 3 is 0.885 bits per heavy atom. The molecule has 0 saturated carbocycles. The lowest BCUT2D eigenvalue weighted by Gasteiger charge is -2.21. The van der Waals surface area contributed by atoms with E-state index < -0.39 is 97.5 Å². The van der Waals surface area contributed by atoms with E-state index in [1.807, 2.05) is 0 Å². The summed E-state index contributed by atoms with van der Waals surface area (Å²) in [5.74, 6) is -2.25. The molecule has 0 saturated heterocycles. The molecule has 5 atom stereocenters. The van der Waals surface area contributed by atoms with Gasteiger partial charge in [-0.15, -0.1) is 0 Å². The van der Waals surface area contributed by atoms with E-state index in [2.05, 4.69) is 125 Å². The molecule has 0 aliphatic carbocycles. The lowest BCUT2D eigenvalue weighted by Crippen LogP contribution is -2.30. The second-order valence-corrected chi connectivity index (χ2v) is 27.8. The fraction of sp³-hybridized carbons (Fsp3) is 0.740. The van der Waals surface area contributed by atoms with Crippen LogP contribution in [-0.4, -0.2) is 96.7 Å². The van der Waals surface area contributed by atoms with Crippen LogP contribution in [0.5, 0.6) is 0 Å². The quantitative estimate of drug-likeness (QED) is 0.0169. The second-order valence-electron chi connectivity index (χ2n) is 24.8. The van der Waals surface area contributed by atoms with Crippen LogP contribution in [0.2, 0.25) is 0 Å². The van der Waals surface area contributed by atoms with Crippen molar-refractivity contribution < 1.29 is 80.2 Å². The van der Waals surface area contributed by atoms with Crippen molar-refractivity contribution in [2.24, 2.45) is 0 Å². The van der Waals surface area contributed by atoms with Gasteiger partial charge < -0.3 is 33.8 Å². The smallest absolute Gasteiger partial charge is 0.462 e. The zero-order valence-corrected chi connectivity index (χ0v) is 62.1. The first-order valence-corrected chi connectivity index (χ1v) is 40.5. The van der Waals surface area contributed by atoms with Crippen molar-refractivity contribution >= 4 is 39.5 Å². The van der Waals surface area contributed by atoms with Gasteiger partial charge in [0, 0.05) is 25.7 Å². The van der Waals surface area contributed by atoms with Gasteiger partial charge in [-0.3, -0.25) is 37.3 Å². The first-order chi connectivity index (χ1) is 46.7. The number of phosphoric ester groups is 2. The molecule has 96 heavy (non-hydrogen) atoms. The molecule has 554 valence electrons. The van der Waals surface area contributed by atoms with Crippen LogP contribution in [0.4, 0.5) is 0 Å². The fourth-order valence-corrected chi connectivity index (χ4v) is 11.3. The molecule has 0 aromatic heterocycles. The van der Waals surface area contributed by atoms with Gasteiger partial charge >= 0.3 is 39.5 Å². The summed E-state index contributed by atoms with van der Waals surface area (Å²) in [6, 6.07) is 0. The highest BCUT2D eigenvalue weighted by atomic mass is 31.2. The summed E-state index contributed by atoms with van der Waals surface area (Å²) in [7, 11) is -9.96. The van der Waals surface area contributed by atoms with Crippen LogP contribution >= 0.6 is 15.6 Å². The first kappa shape index (κ1) is 92.0. The summed E-state index contributed by atoms with van der Waals surface area (Å²) >= 11 is 0. The maximum absolute atomic E-state index is 13.1. The van der Waals surface area contributed by atoms with Gasteiger partial charge in [0.05, 0.1) is 26.4 Å². The number of carbonyl (C=O) groups excluding carboxylic acids is 4. The normalized spacial score (nSPS) is 14.5. The number of hydrogen-bond donors (Lipinski definition) is 3. The third-order valence-corrected chi connectivity index (χ3v) is 17.4. The Balaban J connectivity index is 5.38. The van der Waals surface area contributed by atoms with Crippen LogP contribution in [0.15, 0.2) is 97.2 Å². The SMILES string of the molecule is CC/C=C\C/C=C\C/C=C\C/C=C\CCCCC(=O)OCC(COP(=O)(O)OCC(O)COP(=O)(O)OCC(COC(=O)CCCCCCC/C=C\C/C=C\CCCCC)OC(=O)CCCCCCC/C=C\CCCCCC)OC(=O)CCCCCCC/C=C\CCCCCC. The predicted octanol–water partition coefficient (Wildman–Crippen LogP) is 21.2. The van der Waals surface area contributed by atoms with Crippen molar-refractivity contribution in [3.05, 3.63) is 97.2 Å². The van der Waals surface area contributed by atoms with E-state index in [1.54, 1.807) is 0 Å². The molecular formula is C77H134O17P2. The van der Waals surface area contributed by atoms with Gasteiger partial charge in [-0.1, -0.05) is 234 Å². The first-order valence-electron chi connectivity index (χ1n) is 37.5.